The molecule has 1 saturated carbocycles. The maximum absolute atomic E-state index is 6.28. The summed E-state index contributed by atoms with van der Waals surface area (Å²) in [5.41, 5.74) is 7.43. The Kier molecular flexibility index (Phi) is 3.70. The summed E-state index contributed by atoms with van der Waals surface area (Å²) in [6.45, 7) is 0. The summed E-state index contributed by atoms with van der Waals surface area (Å²) in [5.74, 6) is 0.625. The van der Waals surface area contributed by atoms with Gasteiger partial charge in [0, 0.05) is 15.5 Å². The standard InChI is InChI=1S/C12H15BrClN/c13-11-6-5-9(14)7-10(11)12(15)8-3-1-2-4-8/h5-8,12H,1-4,15H2/t12-/m1/s1. The van der Waals surface area contributed by atoms with Crippen LogP contribution in [0.3, 0.4) is 0 Å². The van der Waals surface area contributed by atoms with Gasteiger partial charge in [0.15, 0.2) is 0 Å². The number of nitrogens with two attached hydrogens (primary N) is 1. The molecule has 0 saturated heterocycles. The first kappa shape index (κ1) is 11.4. The van der Waals surface area contributed by atoms with Crippen LogP contribution in [0.2, 0.25) is 5.02 Å². The zero-order chi connectivity index (χ0) is 10.8. The minimum atomic E-state index is 0.126. The molecule has 3 heteroatoms. The molecule has 1 aromatic carbocycles. The molecule has 0 heterocycles. The molecule has 1 aliphatic carbocycles. The molecule has 0 unspecified atom stereocenters. The van der Waals surface area contributed by atoms with E-state index >= 15 is 0 Å². The van der Waals surface area contributed by atoms with Crippen molar-refractivity contribution in [1.82, 2.24) is 0 Å². The Labute approximate surface area is 104 Å². The lowest BCUT2D eigenvalue weighted by Crippen LogP contribution is -2.19. The second-order valence-electron chi connectivity index (χ2n) is 4.24. The van der Waals surface area contributed by atoms with E-state index in [2.05, 4.69) is 15.9 Å². The fourth-order valence-corrected chi connectivity index (χ4v) is 3.03. The van der Waals surface area contributed by atoms with Gasteiger partial charge in [0.05, 0.1) is 0 Å². The molecule has 15 heavy (non-hydrogen) atoms. The highest BCUT2D eigenvalue weighted by atomic mass is 79.9. The zero-order valence-corrected chi connectivity index (χ0v) is 10.9. The van der Waals surface area contributed by atoms with E-state index < -0.39 is 0 Å². The summed E-state index contributed by atoms with van der Waals surface area (Å²) in [4.78, 5) is 0. The van der Waals surface area contributed by atoms with E-state index in [4.69, 9.17) is 17.3 Å². The fourth-order valence-electron chi connectivity index (χ4n) is 2.34. The van der Waals surface area contributed by atoms with Gasteiger partial charge in [-0.25, -0.2) is 0 Å². The molecular formula is C12H15BrClN. The van der Waals surface area contributed by atoms with E-state index in [-0.39, 0.29) is 6.04 Å². The van der Waals surface area contributed by atoms with E-state index in [1.54, 1.807) is 0 Å². The van der Waals surface area contributed by atoms with Crippen LogP contribution in [0.5, 0.6) is 0 Å². The van der Waals surface area contributed by atoms with Crippen molar-refractivity contribution < 1.29 is 0 Å². The van der Waals surface area contributed by atoms with Gasteiger partial charge in [0.2, 0.25) is 0 Å². The minimum Gasteiger partial charge on any atom is -0.324 e. The molecule has 1 atom stereocenters. The molecule has 2 rings (SSSR count). The Morgan fingerprint density at radius 3 is 2.67 bits per heavy atom. The largest absolute Gasteiger partial charge is 0.324 e. The number of rotatable bonds is 2. The van der Waals surface area contributed by atoms with E-state index in [9.17, 15) is 0 Å². The number of hydrogen-bond acceptors (Lipinski definition) is 1. The van der Waals surface area contributed by atoms with Crippen molar-refractivity contribution in [3.05, 3.63) is 33.3 Å². The zero-order valence-electron chi connectivity index (χ0n) is 8.55. The second-order valence-corrected chi connectivity index (χ2v) is 5.53. The Balaban J connectivity index is 2.23. The normalized spacial score (nSPS) is 19.4. The van der Waals surface area contributed by atoms with Gasteiger partial charge in [0.25, 0.3) is 0 Å². The number of hydrogen-bond donors (Lipinski definition) is 1. The molecule has 0 aliphatic heterocycles. The Bertz CT molecular complexity index is 347. The van der Waals surface area contributed by atoms with Crippen LogP contribution in [0.1, 0.15) is 37.3 Å². The quantitative estimate of drug-likeness (QED) is 0.863. The van der Waals surface area contributed by atoms with Crippen LogP contribution in [0.4, 0.5) is 0 Å². The van der Waals surface area contributed by atoms with Gasteiger partial charge in [-0.15, -0.1) is 0 Å². The first-order valence-corrected chi connectivity index (χ1v) is 6.56. The molecule has 1 aromatic rings. The highest BCUT2D eigenvalue weighted by Crippen LogP contribution is 2.37. The van der Waals surface area contributed by atoms with Crippen LogP contribution in [0.15, 0.2) is 22.7 Å². The van der Waals surface area contributed by atoms with Crippen LogP contribution in [-0.4, -0.2) is 0 Å². The van der Waals surface area contributed by atoms with Crippen molar-refractivity contribution in [3.8, 4) is 0 Å². The Morgan fingerprint density at radius 2 is 2.00 bits per heavy atom. The predicted octanol–water partition coefficient (Wildman–Crippen LogP) is 4.29. The SMILES string of the molecule is N[C@@H](c1cc(Cl)ccc1Br)C1CCCC1. The van der Waals surface area contributed by atoms with Crippen LogP contribution < -0.4 is 5.73 Å². The molecule has 1 aliphatic rings. The van der Waals surface area contributed by atoms with E-state index in [0.29, 0.717) is 5.92 Å². The maximum Gasteiger partial charge on any atom is 0.0410 e. The van der Waals surface area contributed by atoms with E-state index in [1.165, 1.54) is 25.7 Å². The van der Waals surface area contributed by atoms with Gasteiger partial charge in [-0.05, 0) is 42.5 Å². The van der Waals surface area contributed by atoms with Crippen molar-refractivity contribution in [2.24, 2.45) is 11.7 Å². The van der Waals surface area contributed by atoms with Crippen molar-refractivity contribution in [2.75, 3.05) is 0 Å². The van der Waals surface area contributed by atoms with Gasteiger partial charge in [-0.1, -0.05) is 40.4 Å². The molecule has 0 radical (unpaired) electrons. The summed E-state index contributed by atoms with van der Waals surface area (Å²) in [7, 11) is 0. The van der Waals surface area contributed by atoms with E-state index in [1.807, 2.05) is 18.2 Å². The molecule has 1 nitrogen and oxygen atoms in total. The fraction of sp³-hybridized carbons (Fsp3) is 0.500. The predicted molar refractivity (Wildman–Crippen MR) is 68.0 cm³/mol. The van der Waals surface area contributed by atoms with Crippen molar-refractivity contribution >= 4 is 27.5 Å². The summed E-state index contributed by atoms with van der Waals surface area (Å²) in [6, 6.07) is 5.97. The van der Waals surface area contributed by atoms with E-state index in [0.717, 1.165) is 15.1 Å². The molecule has 2 N–H and O–H groups in total. The summed E-state index contributed by atoms with van der Waals surface area (Å²) >= 11 is 9.53. The van der Waals surface area contributed by atoms with Gasteiger partial charge in [0.1, 0.15) is 0 Å². The van der Waals surface area contributed by atoms with Crippen molar-refractivity contribution in [2.45, 2.75) is 31.7 Å². The third kappa shape index (κ3) is 2.55. The van der Waals surface area contributed by atoms with Crippen LogP contribution in [0, 0.1) is 5.92 Å². The first-order chi connectivity index (χ1) is 7.18. The maximum atomic E-state index is 6.28. The molecule has 0 aromatic heterocycles. The minimum absolute atomic E-state index is 0.126. The summed E-state index contributed by atoms with van der Waals surface area (Å²) in [6.07, 6.45) is 5.13. The third-order valence-electron chi connectivity index (χ3n) is 3.22. The highest BCUT2D eigenvalue weighted by molar-refractivity contribution is 9.10. The monoisotopic (exact) mass is 287 g/mol. The van der Waals surface area contributed by atoms with Crippen LogP contribution >= 0.6 is 27.5 Å². The first-order valence-electron chi connectivity index (χ1n) is 5.39. The van der Waals surface area contributed by atoms with Crippen LogP contribution in [0.25, 0.3) is 0 Å². The van der Waals surface area contributed by atoms with Gasteiger partial charge in [-0.3, -0.25) is 0 Å². The molecule has 1 fully saturated rings. The second kappa shape index (κ2) is 4.86. The lowest BCUT2D eigenvalue weighted by Gasteiger charge is -2.20. The summed E-state index contributed by atoms with van der Waals surface area (Å²) in [5, 5.41) is 0.765. The molecule has 82 valence electrons. The van der Waals surface area contributed by atoms with Crippen LogP contribution in [-0.2, 0) is 0 Å². The van der Waals surface area contributed by atoms with Crippen molar-refractivity contribution in [1.29, 1.82) is 0 Å². The van der Waals surface area contributed by atoms with Gasteiger partial charge in [-0.2, -0.15) is 0 Å². The molecule has 0 amide bonds. The average Bonchev–Trinajstić information content (AvgIpc) is 2.74. The lowest BCUT2D eigenvalue weighted by atomic mass is 9.92. The highest BCUT2D eigenvalue weighted by Gasteiger charge is 2.24. The van der Waals surface area contributed by atoms with Gasteiger partial charge >= 0.3 is 0 Å². The third-order valence-corrected chi connectivity index (χ3v) is 4.18. The lowest BCUT2D eigenvalue weighted by molar-refractivity contribution is 0.444. The smallest absolute Gasteiger partial charge is 0.0410 e. The molecule has 0 spiro atoms. The average molecular weight is 289 g/mol. The molecule has 0 bridgehead atoms. The number of halogens is 2. The molecular weight excluding hydrogens is 273 g/mol. The topological polar surface area (TPSA) is 26.0 Å². The Hall–Kier alpha value is -0.0500. The van der Waals surface area contributed by atoms with Gasteiger partial charge < -0.3 is 5.73 Å². The Morgan fingerprint density at radius 1 is 1.33 bits per heavy atom. The summed E-state index contributed by atoms with van der Waals surface area (Å²) < 4.78 is 1.08. The number of benzene rings is 1. The van der Waals surface area contributed by atoms with Crippen molar-refractivity contribution in [3.63, 3.8) is 0 Å².